The number of nitrogens with zero attached hydrogens (tertiary/aromatic N) is 2. The predicted molar refractivity (Wildman–Crippen MR) is 159 cm³/mol. The van der Waals surface area contributed by atoms with Crippen LogP contribution in [0.5, 0.6) is 0 Å². The number of carbonyl (C=O) groups is 1. The molecule has 40 heavy (non-hydrogen) atoms. The summed E-state index contributed by atoms with van der Waals surface area (Å²) in [5.41, 5.74) is 4.69. The third kappa shape index (κ3) is 6.31. The van der Waals surface area contributed by atoms with Gasteiger partial charge in [0.2, 0.25) is 0 Å². The Bertz CT molecular complexity index is 1590. The van der Waals surface area contributed by atoms with E-state index < -0.39 is 16.0 Å². The summed E-state index contributed by atoms with van der Waals surface area (Å²) in [5, 5.41) is 0.712. The number of piperazine rings is 1. The molecule has 206 valence electrons. The number of hydrogen-bond acceptors (Lipinski definition) is 6. The van der Waals surface area contributed by atoms with Crippen LogP contribution in [-0.2, 0) is 21.3 Å². The van der Waals surface area contributed by atoms with E-state index in [1.165, 1.54) is 24.3 Å². The average Bonchev–Trinajstić information content (AvgIpc) is 2.98. The highest BCUT2D eigenvalue weighted by atomic mass is 35.5. The predicted octanol–water partition coefficient (Wildman–Crippen LogP) is 5.92. The van der Waals surface area contributed by atoms with Gasteiger partial charge in [0.15, 0.2) is 0 Å². The molecule has 0 aliphatic carbocycles. The topological polar surface area (TPSA) is 79.0 Å². The molecule has 1 N–H and O–H groups in total. The van der Waals surface area contributed by atoms with Crippen LogP contribution >= 0.6 is 11.6 Å². The summed E-state index contributed by atoms with van der Waals surface area (Å²) in [4.78, 5) is 16.9. The number of hydrogen-bond donors (Lipinski definition) is 1. The van der Waals surface area contributed by atoms with Crippen molar-refractivity contribution in [3.63, 3.8) is 0 Å². The van der Waals surface area contributed by atoms with Gasteiger partial charge < -0.3 is 9.64 Å². The summed E-state index contributed by atoms with van der Waals surface area (Å²) in [7, 11) is -2.80. The van der Waals surface area contributed by atoms with Gasteiger partial charge in [-0.1, -0.05) is 66.2 Å². The molecule has 0 saturated carbocycles. The van der Waals surface area contributed by atoms with Crippen molar-refractivity contribution in [2.24, 2.45) is 0 Å². The minimum Gasteiger partial charge on any atom is -0.465 e. The summed E-state index contributed by atoms with van der Waals surface area (Å²) in [5.74, 6) is -0.704. The van der Waals surface area contributed by atoms with E-state index in [9.17, 15) is 13.2 Å². The van der Waals surface area contributed by atoms with E-state index in [0.29, 0.717) is 23.8 Å². The number of ether oxygens (including phenoxy) is 1. The largest absolute Gasteiger partial charge is 0.465 e. The average molecular weight is 576 g/mol. The number of methoxy groups -OCH3 is 1. The van der Waals surface area contributed by atoms with Crippen LogP contribution in [0.4, 0.5) is 11.4 Å². The van der Waals surface area contributed by atoms with E-state index in [-0.39, 0.29) is 10.5 Å². The third-order valence-electron chi connectivity index (χ3n) is 6.99. The molecule has 4 aromatic carbocycles. The van der Waals surface area contributed by atoms with E-state index in [4.69, 9.17) is 16.3 Å². The van der Waals surface area contributed by atoms with E-state index in [1.807, 2.05) is 30.3 Å². The Morgan fingerprint density at radius 1 is 0.875 bits per heavy atom. The van der Waals surface area contributed by atoms with Gasteiger partial charge in [0, 0.05) is 49.1 Å². The lowest BCUT2D eigenvalue weighted by atomic mass is 9.99. The molecule has 0 radical (unpaired) electrons. The van der Waals surface area contributed by atoms with Crippen molar-refractivity contribution in [3.8, 4) is 11.1 Å². The molecule has 9 heteroatoms. The number of rotatable bonds is 8. The molecule has 1 heterocycles. The van der Waals surface area contributed by atoms with Gasteiger partial charge in [-0.15, -0.1) is 0 Å². The van der Waals surface area contributed by atoms with Crippen LogP contribution in [0.25, 0.3) is 11.1 Å². The molecular formula is C31H30ClN3O4S. The first-order valence-corrected chi connectivity index (χ1v) is 14.8. The molecule has 0 spiro atoms. The number of anilines is 2. The van der Waals surface area contributed by atoms with Gasteiger partial charge in [0.25, 0.3) is 10.0 Å². The van der Waals surface area contributed by atoms with E-state index in [1.54, 1.807) is 42.5 Å². The molecule has 1 aliphatic heterocycles. The van der Waals surface area contributed by atoms with Gasteiger partial charge in [-0.2, -0.15) is 0 Å². The first-order chi connectivity index (χ1) is 19.3. The minimum atomic E-state index is -4.04. The van der Waals surface area contributed by atoms with Crippen LogP contribution in [0.3, 0.4) is 0 Å². The Balaban J connectivity index is 1.33. The summed E-state index contributed by atoms with van der Waals surface area (Å²) >= 11 is 6.09. The molecule has 0 bridgehead atoms. The number of esters is 1. The second-order valence-electron chi connectivity index (χ2n) is 9.57. The zero-order chi connectivity index (χ0) is 28.1. The summed E-state index contributed by atoms with van der Waals surface area (Å²) in [6.07, 6.45) is 0. The lowest BCUT2D eigenvalue weighted by Crippen LogP contribution is -2.46. The quantitative estimate of drug-likeness (QED) is 0.263. The lowest BCUT2D eigenvalue weighted by Gasteiger charge is -2.36. The molecule has 0 unspecified atom stereocenters. The number of halogens is 1. The number of sulfonamides is 1. The van der Waals surface area contributed by atoms with Gasteiger partial charge in [0.05, 0.1) is 12.7 Å². The van der Waals surface area contributed by atoms with Crippen molar-refractivity contribution in [2.45, 2.75) is 11.4 Å². The van der Waals surface area contributed by atoms with Crippen LogP contribution < -0.4 is 9.62 Å². The molecule has 7 nitrogen and oxygen atoms in total. The molecular weight excluding hydrogens is 546 g/mol. The Kier molecular flexibility index (Phi) is 8.40. The van der Waals surface area contributed by atoms with Crippen molar-refractivity contribution < 1.29 is 17.9 Å². The highest BCUT2D eigenvalue weighted by Crippen LogP contribution is 2.29. The Hall–Kier alpha value is -3.85. The number of carbonyl (C=O) groups excluding carboxylic acids is 1. The van der Waals surface area contributed by atoms with E-state index in [2.05, 4.69) is 32.7 Å². The Morgan fingerprint density at radius 3 is 2.25 bits per heavy atom. The minimum absolute atomic E-state index is 0.00729. The van der Waals surface area contributed by atoms with Gasteiger partial charge in [-0.3, -0.25) is 9.62 Å². The summed E-state index contributed by atoms with van der Waals surface area (Å²) in [6, 6.07) is 29.7. The maximum atomic E-state index is 13.3. The number of para-hydroxylation sites is 1. The molecule has 5 rings (SSSR count). The van der Waals surface area contributed by atoms with Crippen LogP contribution in [-0.4, -0.2) is 52.6 Å². The SMILES string of the molecule is COC(=O)c1ccc(N2CCN(Cc3ccccc3-c3ccc(Cl)cc3)CC2)cc1S(=O)(=O)Nc1ccccc1. The third-order valence-corrected chi connectivity index (χ3v) is 8.66. The molecule has 1 saturated heterocycles. The standard InChI is InChI=1S/C31H30ClN3O4S/c1-39-31(36)29-16-15-27(21-30(29)40(37,38)33-26-8-3-2-4-9-26)35-19-17-34(18-20-35)22-24-7-5-6-10-28(24)23-11-13-25(32)14-12-23/h2-16,21,33H,17-20,22H2,1H3. The summed E-state index contributed by atoms with van der Waals surface area (Å²) in [6.45, 7) is 3.84. The molecule has 0 aromatic heterocycles. The Labute approximate surface area is 240 Å². The highest BCUT2D eigenvalue weighted by Gasteiger charge is 2.26. The smallest absolute Gasteiger partial charge is 0.339 e. The highest BCUT2D eigenvalue weighted by molar-refractivity contribution is 7.92. The van der Waals surface area contributed by atoms with Crippen LogP contribution in [0, 0.1) is 0 Å². The zero-order valence-electron chi connectivity index (χ0n) is 22.1. The van der Waals surface area contributed by atoms with Gasteiger partial charge in [-0.05, 0) is 59.2 Å². The van der Waals surface area contributed by atoms with Gasteiger partial charge in [-0.25, -0.2) is 13.2 Å². The number of benzene rings is 4. The van der Waals surface area contributed by atoms with Crippen molar-refractivity contribution in [1.82, 2.24) is 4.90 Å². The lowest BCUT2D eigenvalue weighted by molar-refractivity contribution is 0.0596. The zero-order valence-corrected chi connectivity index (χ0v) is 23.7. The first-order valence-electron chi connectivity index (χ1n) is 13.0. The van der Waals surface area contributed by atoms with Gasteiger partial charge in [0.1, 0.15) is 4.90 Å². The molecule has 0 atom stereocenters. The maximum Gasteiger partial charge on any atom is 0.339 e. The summed E-state index contributed by atoms with van der Waals surface area (Å²) < 4.78 is 34.1. The molecule has 0 amide bonds. The van der Waals surface area contributed by atoms with Crippen LogP contribution in [0.15, 0.2) is 102 Å². The molecule has 1 fully saturated rings. The van der Waals surface area contributed by atoms with Crippen molar-refractivity contribution >= 4 is 39.0 Å². The van der Waals surface area contributed by atoms with Crippen molar-refractivity contribution in [3.05, 3.63) is 113 Å². The van der Waals surface area contributed by atoms with Crippen LogP contribution in [0.2, 0.25) is 5.02 Å². The molecule has 4 aromatic rings. The maximum absolute atomic E-state index is 13.3. The Morgan fingerprint density at radius 2 is 1.55 bits per heavy atom. The number of nitrogens with one attached hydrogen (secondary N) is 1. The monoisotopic (exact) mass is 575 g/mol. The fraction of sp³-hybridized carbons (Fsp3) is 0.194. The molecule has 1 aliphatic rings. The van der Waals surface area contributed by atoms with E-state index in [0.717, 1.165) is 30.9 Å². The first kappa shape index (κ1) is 27.7. The fourth-order valence-electron chi connectivity index (χ4n) is 4.90. The van der Waals surface area contributed by atoms with Crippen LogP contribution in [0.1, 0.15) is 15.9 Å². The fourth-order valence-corrected chi connectivity index (χ4v) is 6.30. The van der Waals surface area contributed by atoms with Crippen molar-refractivity contribution in [2.75, 3.05) is 42.9 Å². The van der Waals surface area contributed by atoms with Crippen molar-refractivity contribution in [1.29, 1.82) is 0 Å². The van der Waals surface area contributed by atoms with E-state index >= 15 is 0 Å². The van der Waals surface area contributed by atoms with Gasteiger partial charge >= 0.3 is 5.97 Å². The second kappa shape index (κ2) is 12.1. The normalized spacial score (nSPS) is 14.1. The second-order valence-corrected chi connectivity index (χ2v) is 11.7.